The molecule has 274 valence electrons. The molecule has 0 radical (unpaired) electrons. The number of rotatable bonds is 25. The number of nitrogens with one attached hydrogen (secondary N) is 1. The van der Waals surface area contributed by atoms with Gasteiger partial charge in [-0.15, -0.1) is 0 Å². The molecule has 1 amide bonds. The number of carboxylic acids is 1. The molecule has 2 N–H and O–H groups in total. The molecular weight excluding hydrogens is 616 g/mol. The fourth-order valence-electron chi connectivity index (χ4n) is 4.67. The molecule has 11 nitrogen and oxygen atoms in total. The van der Waals surface area contributed by atoms with E-state index >= 15 is 0 Å². The van der Waals surface area contributed by atoms with Crippen molar-refractivity contribution < 1.29 is 43.3 Å². The summed E-state index contributed by atoms with van der Waals surface area (Å²) in [6.07, 6.45) is 8.96. The number of benzene rings is 1. The van der Waals surface area contributed by atoms with Crippen LogP contribution in [0.1, 0.15) is 129 Å². The molecule has 11 heteroatoms. The zero-order chi connectivity index (χ0) is 36.2. The third-order valence-electron chi connectivity index (χ3n) is 7.68. The maximum atomic E-state index is 11.9. The number of hydrogen-bond donors (Lipinski definition) is 2. The van der Waals surface area contributed by atoms with Crippen molar-refractivity contribution in [2.45, 2.75) is 138 Å². The molecule has 0 aliphatic carbocycles. The van der Waals surface area contributed by atoms with Gasteiger partial charge in [0.15, 0.2) is 6.10 Å². The first kappa shape index (κ1) is 44.5. The van der Waals surface area contributed by atoms with Crippen LogP contribution in [0, 0.1) is 13.8 Å². The standard InChI is InChI=1S/C23H40O8.C14H22N2O/c1-3-5-7-9-11-13-21(26)29-17-19(31-23(28)16-15-20(24)25)18-30-22(27)14-12-10-8-6-4-2;1-5-16(6-2)10-13(17)15-14-11(3)8-7-9-12(14)4/h19H,3-18H2,1-2H3,(H,24,25);7-9H,5-6,10H2,1-4H3,(H,15,17). The summed E-state index contributed by atoms with van der Waals surface area (Å²) in [6, 6.07) is 6.03. The Bertz CT molecular complexity index is 1020. The lowest BCUT2D eigenvalue weighted by Crippen LogP contribution is -2.33. The lowest BCUT2D eigenvalue weighted by molar-refractivity contribution is -0.167. The first-order valence-corrected chi connectivity index (χ1v) is 17.8. The van der Waals surface area contributed by atoms with Crippen LogP contribution in [-0.4, -0.2) is 78.7 Å². The Hall–Kier alpha value is -3.47. The van der Waals surface area contributed by atoms with Gasteiger partial charge < -0.3 is 24.6 Å². The van der Waals surface area contributed by atoms with Crippen LogP contribution in [0.15, 0.2) is 18.2 Å². The predicted molar refractivity (Wildman–Crippen MR) is 188 cm³/mol. The number of ether oxygens (including phenoxy) is 3. The van der Waals surface area contributed by atoms with E-state index in [1.54, 1.807) is 0 Å². The van der Waals surface area contributed by atoms with Crippen LogP contribution in [0.2, 0.25) is 0 Å². The molecule has 1 rings (SSSR count). The smallest absolute Gasteiger partial charge is 0.306 e. The third kappa shape index (κ3) is 23.8. The minimum absolute atomic E-state index is 0.0612. The van der Waals surface area contributed by atoms with Crippen LogP contribution in [0.25, 0.3) is 0 Å². The van der Waals surface area contributed by atoms with E-state index in [4.69, 9.17) is 19.3 Å². The minimum atomic E-state index is -1.11. The van der Waals surface area contributed by atoms with Gasteiger partial charge in [0.1, 0.15) is 13.2 Å². The van der Waals surface area contributed by atoms with Crippen LogP contribution in [-0.2, 0) is 38.2 Å². The predicted octanol–water partition coefficient (Wildman–Crippen LogP) is 7.15. The highest BCUT2D eigenvalue weighted by molar-refractivity contribution is 5.93. The van der Waals surface area contributed by atoms with Crippen molar-refractivity contribution in [1.29, 1.82) is 0 Å². The number of nitrogens with zero attached hydrogens (tertiary/aromatic N) is 1. The summed E-state index contributed by atoms with van der Waals surface area (Å²) in [5.41, 5.74) is 3.17. The Morgan fingerprint density at radius 2 is 1.17 bits per heavy atom. The summed E-state index contributed by atoms with van der Waals surface area (Å²) < 4.78 is 15.5. The van der Waals surface area contributed by atoms with E-state index in [-0.39, 0.29) is 44.8 Å². The lowest BCUT2D eigenvalue weighted by atomic mass is 10.1. The van der Waals surface area contributed by atoms with Crippen molar-refractivity contribution in [3.05, 3.63) is 29.3 Å². The van der Waals surface area contributed by atoms with Crippen molar-refractivity contribution in [1.82, 2.24) is 4.90 Å². The highest BCUT2D eigenvalue weighted by Gasteiger charge is 2.20. The first-order chi connectivity index (χ1) is 23.0. The SMILES string of the molecule is CCCCCCCC(=O)OCC(COC(=O)CCCCCCC)OC(=O)CCC(=O)O.CCN(CC)CC(=O)Nc1c(C)cccc1C. The second kappa shape index (κ2) is 28.5. The van der Waals surface area contributed by atoms with Gasteiger partial charge in [0.05, 0.1) is 19.4 Å². The van der Waals surface area contributed by atoms with E-state index in [9.17, 15) is 24.0 Å². The monoisotopic (exact) mass is 678 g/mol. The molecular formula is C37H62N2O9. The Kier molecular flexibility index (Phi) is 26.5. The summed E-state index contributed by atoms with van der Waals surface area (Å²) in [5.74, 6) is -2.59. The number of likely N-dealkylation sites (N-methyl/N-ethyl adjacent to an activating group) is 1. The van der Waals surface area contributed by atoms with E-state index in [0.29, 0.717) is 6.54 Å². The lowest BCUT2D eigenvalue weighted by Gasteiger charge is -2.18. The summed E-state index contributed by atoms with van der Waals surface area (Å²) in [5, 5.41) is 11.7. The van der Waals surface area contributed by atoms with Gasteiger partial charge in [-0.05, 0) is 50.9 Å². The summed E-state index contributed by atoms with van der Waals surface area (Å²) >= 11 is 0. The van der Waals surface area contributed by atoms with Gasteiger partial charge in [-0.1, -0.05) is 97.3 Å². The van der Waals surface area contributed by atoms with Gasteiger partial charge in [-0.2, -0.15) is 0 Å². The Morgan fingerprint density at radius 1 is 0.688 bits per heavy atom. The third-order valence-corrected chi connectivity index (χ3v) is 7.68. The van der Waals surface area contributed by atoms with Crippen molar-refractivity contribution in [2.75, 3.05) is 38.2 Å². The largest absolute Gasteiger partial charge is 0.481 e. The molecule has 0 atom stereocenters. The van der Waals surface area contributed by atoms with Crippen LogP contribution in [0.3, 0.4) is 0 Å². The average Bonchev–Trinajstić information content (AvgIpc) is 3.05. The number of amides is 1. The number of anilines is 1. The Balaban J connectivity index is 0.00000109. The van der Waals surface area contributed by atoms with Crippen molar-refractivity contribution in [3.63, 3.8) is 0 Å². The molecule has 0 saturated carbocycles. The molecule has 0 heterocycles. The van der Waals surface area contributed by atoms with Gasteiger partial charge >= 0.3 is 23.9 Å². The molecule has 0 fully saturated rings. The second-order valence-corrected chi connectivity index (χ2v) is 12.0. The summed E-state index contributed by atoms with van der Waals surface area (Å²) in [7, 11) is 0. The quantitative estimate of drug-likeness (QED) is 0.0620. The number of carbonyl (C=O) groups is 5. The minimum Gasteiger partial charge on any atom is -0.481 e. The highest BCUT2D eigenvalue weighted by Crippen LogP contribution is 2.19. The maximum Gasteiger partial charge on any atom is 0.306 e. The number of esters is 3. The number of hydrogen-bond acceptors (Lipinski definition) is 9. The normalized spacial score (nSPS) is 10.7. The van der Waals surface area contributed by atoms with Crippen molar-refractivity contribution in [3.8, 4) is 0 Å². The molecule has 0 aliphatic rings. The topological polar surface area (TPSA) is 149 Å². The van der Waals surface area contributed by atoms with E-state index in [0.717, 1.165) is 94.1 Å². The molecule has 0 aliphatic heterocycles. The molecule has 0 bridgehead atoms. The average molecular weight is 679 g/mol. The van der Waals surface area contributed by atoms with E-state index in [2.05, 4.69) is 37.9 Å². The number of carbonyl (C=O) groups excluding carboxylic acids is 4. The molecule has 1 aromatic carbocycles. The molecule has 48 heavy (non-hydrogen) atoms. The van der Waals surface area contributed by atoms with Crippen LogP contribution in [0.5, 0.6) is 0 Å². The van der Waals surface area contributed by atoms with Gasteiger partial charge in [0.2, 0.25) is 5.91 Å². The zero-order valence-electron chi connectivity index (χ0n) is 30.4. The van der Waals surface area contributed by atoms with Gasteiger partial charge in [0, 0.05) is 18.5 Å². The highest BCUT2D eigenvalue weighted by atomic mass is 16.6. The van der Waals surface area contributed by atoms with Gasteiger partial charge in [-0.3, -0.25) is 28.9 Å². The zero-order valence-corrected chi connectivity index (χ0v) is 30.4. The van der Waals surface area contributed by atoms with Crippen LogP contribution < -0.4 is 5.32 Å². The fraction of sp³-hybridized carbons (Fsp3) is 0.703. The molecule has 1 aromatic rings. The van der Waals surface area contributed by atoms with E-state index in [1.165, 1.54) is 0 Å². The van der Waals surface area contributed by atoms with Crippen molar-refractivity contribution >= 4 is 35.5 Å². The Labute approximate surface area is 288 Å². The molecule has 0 unspecified atom stereocenters. The summed E-state index contributed by atoms with van der Waals surface area (Å²) in [4.78, 5) is 60.2. The molecule has 0 spiro atoms. The fourth-order valence-corrected chi connectivity index (χ4v) is 4.67. The number of unbranched alkanes of at least 4 members (excludes halogenated alkanes) is 8. The van der Waals surface area contributed by atoms with Crippen molar-refractivity contribution in [2.24, 2.45) is 0 Å². The maximum absolute atomic E-state index is 11.9. The number of aryl methyl sites for hydroxylation is 2. The summed E-state index contributed by atoms with van der Waals surface area (Å²) in [6.45, 7) is 14.2. The van der Waals surface area contributed by atoms with Gasteiger partial charge in [0.25, 0.3) is 0 Å². The Morgan fingerprint density at radius 3 is 1.60 bits per heavy atom. The second-order valence-electron chi connectivity index (χ2n) is 12.0. The van der Waals surface area contributed by atoms with Gasteiger partial charge in [-0.25, -0.2) is 0 Å². The number of para-hydroxylation sites is 1. The van der Waals surface area contributed by atoms with Crippen LogP contribution in [0.4, 0.5) is 5.69 Å². The van der Waals surface area contributed by atoms with E-state index in [1.807, 2.05) is 32.0 Å². The number of carboxylic acid groups (broad SMARTS) is 1. The first-order valence-electron chi connectivity index (χ1n) is 17.8. The number of aliphatic carboxylic acids is 1. The molecule has 0 aromatic heterocycles. The van der Waals surface area contributed by atoms with Crippen LogP contribution >= 0.6 is 0 Å². The van der Waals surface area contributed by atoms with E-state index < -0.39 is 30.0 Å². The molecule has 0 saturated heterocycles.